The number of phenols is 5. The molecule has 0 amide bonds. The lowest BCUT2D eigenvalue weighted by Gasteiger charge is -2.19. The van der Waals surface area contributed by atoms with Crippen LogP contribution in [0.2, 0.25) is 0 Å². The molecule has 5 N–H and O–H groups in total. The van der Waals surface area contributed by atoms with Gasteiger partial charge in [-0.25, -0.2) is 0 Å². The second-order valence-electron chi connectivity index (χ2n) is 12.4. The summed E-state index contributed by atoms with van der Waals surface area (Å²) in [4.78, 5) is 0. The molecule has 0 fully saturated rings. The predicted octanol–water partition coefficient (Wildman–Crippen LogP) is 11.1. The Balaban J connectivity index is 1.39. The van der Waals surface area contributed by atoms with Crippen molar-refractivity contribution in [2.75, 3.05) is 0 Å². The van der Waals surface area contributed by atoms with E-state index in [-0.39, 0.29) is 11.1 Å². The molecule has 0 saturated heterocycles. The molecule has 0 aliphatic rings. The van der Waals surface area contributed by atoms with Gasteiger partial charge in [0.2, 0.25) is 17.2 Å². The summed E-state index contributed by atoms with van der Waals surface area (Å²) in [6.45, 7) is 0. The Bertz CT molecular complexity index is 2730. The average molecular weight is 653 g/mol. The Morgan fingerprint density at radius 3 is 1.46 bits per heavy atom. The molecule has 0 saturated carbocycles. The van der Waals surface area contributed by atoms with Gasteiger partial charge in [-0.2, -0.15) is 0 Å². The molecule has 9 aromatic rings. The van der Waals surface area contributed by atoms with Crippen LogP contribution >= 0.6 is 0 Å². The molecule has 240 valence electrons. The molecule has 0 spiro atoms. The van der Waals surface area contributed by atoms with Gasteiger partial charge in [-0.3, -0.25) is 0 Å². The first-order valence-electron chi connectivity index (χ1n) is 16.2. The van der Waals surface area contributed by atoms with Gasteiger partial charge in [0.1, 0.15) is 11.2 Å². The third-order valence-corrected chi connectivity index (χ3v) is 9.63. The molecule has 0 aliphatic heterocycles. The van der Waals surface area contributed by atoms with Crippen LogP contribution in [0.15, 0.2) is 144 Å². The molecule has 0 aliphatic carbocycles. The number of phenolic OH excluding ortho intramolecular Hbond substituents is 5. The molecule has 6 heteroatoms. The Hall–Kier alpha value is -6.92. The maximum atomic E-state index is 10.9. The lowest BCUT2D eigenvalue weighted by Crippen LogP contribution is -1.92. The minimum Gasteiger partial charge on any atom is -0.504 e. The van der Waals surface area contributed by atoms with E-state index in [9.17, 15) is 25.5 Å². The van der Waals surface area contributed by atoms with E-state index in [0.717, 1.165) is 65.7 Å². The average Bonchev–Trinajstić information content (AvgIpc) is 3.56. The number of benzene rings is 8. The van der Waals surface area contributed by atoms with Gasteiger partial charge in [-0.1, -0.05) is 121 Å². The van der Waals surface area contributed by atoms with E-state index in [1.807, 2.05) is 72.8 Å². The van der Waals surface area contributed by atoms with E-state index in [4.69, 9.17) is 4.42 Å². The van der Waals surface area contributed by atoms with Crippen LogP contribution in [0.1, 0.15) is 0 Å². The van der Waals surface area contributed by atoms with Crippen LogP contribution in [-0.4, -0.2) is 25.5 Å². The highest BCUT2D eigenvalue weighted by Crippen LogP contribution is 2.57. The third kappa shape index (κ3) is 4.22. The summed E-state index contributed by atoms with van der Waals surface area (Å²) in [5, 5.41) is 58.6. The zero-order valence-electron chi connectivity index (χ0n) is 26.4. The van der Waals surface area contributed by atoms with Crippen molar-refractivity contribution in [3.8, 4) is 73.3 Å². The fourth-order valence-corrected chi connectivity index (χ4v) is 7.39. The van der Waals surface area contributed by atoms with E-state index in [1.165, 1.54) is 0 Å². The van der Waals surface area contributed by atoms with Crippen molar-refractivity contribution in [2.24, 2.45) is 0 Å². The quantitative estimate of drug-likeness (QED) is 0.0734. The molecular weight excluding hydrogens is 624 g/mol. The van der Waals surface area contributed by atoms with Crippen LogP contribution in [0.3, 0.4) is 0 Å². The summed E-state index contributed by atoms with van der Waals surface area (Å²) >= 11 is 0. The van der Waals surface area contributed by atoms with Crippen molar-refractivity contribution in [3.63, 3.8) is 0 Å². The summed E-state index contributed by atoms with van der Waals surface area (Å²) < 4.78 is 6.44. The van der Waals surface area contributed by atoms with Crippen LogP contribution < -0.4 is 0 Å². The highest BCUT2D eigenvalue weighted by molar-refractivity contribution is 6.27. The summed E-state index contributed by atoms with van der Waals surface area (Å²) in [6, 6.07) is 46.8. The maximum absolute atomic E-state index is 10.9. The van der Waals surface area contributed by atoms with Crippen molar-refractivity contribution < 1.29 is 29.9 Å². The van der Waals surface area contributed by atoms with Crippen LogP contribution in [-0.2, 0) is 0 Å². The number of fused-ring (bicyclic) bond motifs is 5. The molecule has 8 aromatic carbocycles. The van der Waals surface area contributed by atoms with Crippen LogP contribution in [0.4, 0.5) is 0 Å². The predicted molar refractivity (Wildman–Crippen MR) is 199 cm³/mol. The first-order chi connectivity index (χ1) is 24.4. The number of aromatic hydroxyl groups is 5. The highest BCUT2D eigenvalue weighted by Gasteiger charge is 2.28. The number of furan rings is 1. The Labute approximate surface area is 285 Å². The van der Waals surface area contributed by atoms with Gasteiger partial charge in [0, 0.05) is 16.3 Å². The molecule has 0 unspecified atom stereocenters. The zero-order valence-corrected chi connectivity index (χ0v) is 26.4. The number of para-hydroxylation sites is 1. The van der Waals surface area contributed by atoms with Gasteiger partial charge >= 0.3 is 0 Å². The third-order valence-electron chi connectivity index (χ3n) is 9.63. The smallest absolute Gasteiger partial charge is 0.208 e. The normalized spacial score (nSPS) is 11.6. The zero-order chi connectivity index (χ0) is 34.1. The molecule has 1 aromatic heterocycles. The lowest BCUT2D eigenvalue weighted by molar-refractivity contribution is 0.330. The summed E-state index contributed by atoms with van der Waals surface area (Å²) in [5.74, 6) is -4.50. The number of hydrogen-bond acceptors (Lipinski definition) is 6. The fraction of sp³-hybridized carbons (Fsp3) is 0. The molecule has 50 heavy (non-hydrogen) atoms. The van der Waals surface area contributed by atoms with Crippen molar-refractivity contribution >= 4 is 43.5 Å². The Morgan fingerprint density at radius 1 is 0.340 bits per heavy atom. The van der Waals surface area contributed by atoms with Gasteiger partial charge in [0.15, 0.2) is 11.5 Å². The van der Waals surface area contributed by atoms with Gasteiger partial charge in [-0.05, 0) is 73.1 Å². The summed E-state index contributed by atoms with van der Waals surface area (Å²) in [6.07, 6.45) is 0. The van der Waals surface area contributed by atoms with E-state index < -0.39 is 28.7 Å². The molecule has 1 heterocycles. The molecule has 9 rings (SSSR count). The lowest BCUT2D eigenvalue weighted by atomic mass is 9.84. The van der Waals surface area contributed by atoms with Crippen LogP contribution in [0, 0.1) is 0 Å². The minimum absolute atomic E-state index is 0.225. The van der Waals surface area contributed by atoms with Crippen molar-refractivity contribution in [1.29, 1.82) is 0 Å². The van der Waals surface area contributed by atoms with Crippen LogP contribution in [0.25, 0.3) is 88.0 Å². The van der Waals surface area contributed by atoms with E-state index >= 15 is 0 Å². The van der Waals surface area contributed by atoms with E-state index in [0.29, 0.717) is 11.2 Å². The molecule has 6 nitrogen and oxygen atoms in total. The first kappa shape index (κ1) is 29.2. The largest absolute Gasteiger partial charge is 0.504 e. The van der Waals surface area contributed by atoms with Crippen molar-refractivity contribution in [3.05, 3.63) is 140 Å². The molecule has 0 atom stereocenters. The second-order valence-corrected chi connectivity index (χ2v) is 12.4. The molecule has 0 radical (unpaired) electrons. The van der Waals surface area contributed by atoms with Gasteiger partial charge in [0.25, 0.3) is 0 Å². The van der Waals surface area contributed by atoms with Gasteiger partial charge < -0.3 is 29.9 Å². The minimum atomic E-state index is -1.02. The molecular formula is C44H28O6. The monoisotopic (exact) mass is 652 g/mol. The topological polar surface area (TPSA) is 114 Å². The molecule has 0 bridgehead atoms. The van der Waals surface area contributed by atoms with E-state index in [2.05, 4.69) is 60.7 Å². The SMILES string of the molecule is Oc1c(O)c(O)c(-c2ccc(-c3c4ccccc4c(-c4cccc(-c5ccccc5)c4)c4ccccc34)c3c2oc2ccccc23)c(O)c1O. The number of hydrogen-bond donors (Lipinski definition) is 5. The second kappa shape index (κ2) is 11.1. The highest BCUT2D eigenvalue weighted by atomic mass is 16.4. The first-order valence-corrected chi connectivity index (χ1v) is 16.2. The fourth-order valence-electron chi connectivity index (χ4n) is 7.39. The van der Waals surface area contributed by atoms with Crippen LogP contribution in [0.5, 0.6) is 28.7 Å². The Morgan fingerprint density at radius 2 is 0.820 bits per heavy atom. The standard InChI is InChI=1S/C44H28O6/c45-39-38(40(46)42(48)43(49)41(39)47)33-22-21-32(37-31-19-8-9-20-34(31)50-44(33)37)36-29-17-6-4-15-27(29)35(28-16-5-7-18-30(28)36)26-14-10-13-25(23-26)24-11-2-1-3-12-24/h1-23,45-49H. The van der Waals surface area contributed by atoms with Gasteiger partial charge in [-0.15, -0.1) is 0 Å². The summed E-state index contributed by atoms with van der Waals surface area (Å²) in [7, 11) is 0. The summed E-state index contributed by atoms with van der Waals surface area (Å²) in [5.41, 5.74) is 7.17. The number of rotatable bonds is 4. The van der Waals surface area contributed by atoms with Crippen molar-refractivity contribution in [2.45, 2.75) is 0 Å². The van der Waals surface area contributed by atoms with Gasteiger partial charge in [0.05, 0.1) is 5.56 Å². The Kier molecular flexibility index (Phi) is 6.48. The van der Waals surface area contributed by atoms with E-state index in [1.54, 1.807) is 6.07 Å². The van der Waals surface area contributed by atoms with Crippen molar-refractivity contribution in [1.82, 2.24) is 0 Å². The maximum Gasteiger partial charge on any atom is 0.208 e.